The van der Waals surface area contributed by atoms with Gasteiger partial charge in [0.15, 0.2) is 0 Å². The number of hydrogen-bond acceptors (Lipinski definition) is 5. The predicted molar refractivity (Wildman–Crippen MR) is 110 cm³/mol. The Kier molecular flexibility index (Phi) is 8.25. The third-order valence-electron chi connectivity index (χ3n) is 5.23. The average molecular weight is 456 g/mol. The van der Waals surface area contributed by atoms with E-state index in [0.29, 0.717) is 18.7 Å². The Bertz CT molecular complexity index is 959. The molecule has 2 heterocycles. The van der Waals surface area contributed by atoms with Crippen molar-refractivity contribution in [1.82, 2.24) is 20.4 Å². The number of alkyl halides is 3. The quantitative estimate of drug-likeness (QED) is 0.550. The van der Waals surface area contributed by atoms with Crippen molar-refractivity contribution in [1.29, 1.82) is 0 Å². The molecule has 0 bridgehead atoms. The number of phenols is 1. The maximum Gasteiger partial charge on any atom is 0.490 e. The van der Waals surface area contributed by atoms with Crippen LogP contribution in [0.2, 0.25) is 0 Å². The molecule has 11 heteroatoms. The van der Waals surface area contributed by atoms with E-state index in [0.717, 1.165) is 35.2 Å². The predicted octanol–water partition coefficient (Wildman–Crippen LogP) is 2.97. The summed E-state index contributed by atoms with van der Waals surface area (Å²) in [5.41, 5.74) is 4.13. The highest BCUT2D eigenvalue weighted by Crippen LogP contribution is 2.26. The highest BCUT2D eigenvalue weighted by atomic mass is 19.4. The molecule has 0 spiro atoms. The molecule has 32 heavy (non-hydrogen) atoms. The number of piperidine rings is 1. The Morgan fingerprint density at radius 2 is 1.94 bits per heavy atom. The van der Waals surface area contributed by atoms with Crippen LogP contribution >= 0.6 is 0 Å². The SMILES string of the molecule is CCn1cc([C@@H]2NC(=O)CC[C@H]2NCc2cc(C)c(C)cc2O)cn1.O=C(O)C(F)(F)F. The largest absolute Gasteiger partial charge is 0.508 e. The monoisotopic (exact) mass is 456 g/mol. The van der Waals surface area contributed by atoms with E-state index in [2.05, 4.69) is 15.7 Å². The van der Waals surface area contributed by atoms with E-state index in [1.54, 1.807) is 6.07 Å². The van der Waals surface area contributed by atoms with Crippen LogP contribution in [-0.4, -0.2) is 44.1 Å². The molecular formula is C21H27F3N4O4. The summed E-state index contributed by atoms with van der Waals surface area (Å²) in [5.74, 6) is -2.38. The van der Waals surface area contributed by atoms with Crippen LogP contribution in [0, 0.1) is 13.8 Å². The van der Waals surface area contributed by atoms with Crippen molar-refractivity contribution < 1.29 is 33.0 Å². The number of aryl methyl sites for hydroxylation is 3. The standard InChI is InChI=1S/C19H26N4O2.C2HF3O2/c1-4-23-11-15(10-21-23)19-16(5-6-18(25)22-19)20-9-14-7-12(2)13(3)8-17(14)24;3-2(4,5)1(6)7/h7-8,10-11,16,19-20,24H,4-6,9H2,1-3H3,(H,22,25);(H,6,7)/t16-,19+;/m1./s1. The maximum absolute atomic E-state index is 11.9. The smallest absolute Gasteiger partial charge is 0.490 e. The highest BCUT2D eigenvalue weighted by Gasteiger charge is 2.38. The number of aromatic nitrogens is 2. The van der Waals surface area contributed by atoms with E-state index in [-0.39, 0.29) is 18.0 Å². The van der Waals surface area contributed by atoms with Gasteiger partial charge in [-0.1, -0.05) is 6.07 Å². The number of carboxylic acids is 1. The Labute approximate surface area is 183 Å². The van der Waals surface area contributed by atoms with Gasteiger partial charge in [-0.15, -0.1) is 0 Å². The number of carbonyl (C=O) groups is 2. The van der Waals surface area contributed by atoms with Crippen molar-refractivity contribution >= 4 is 11.9 Å². The first-order valence-corrected chi connectivity index (χ1v) is 10.1. The minimum absolute atomic E-state index is 0.0707. The Morgan fingerprint density at radius 1 is 1.31 bits per heavy atom. The molecule has 1 fully saturated rings. The van der Waals surface area contributed by atoms with Gasteiger partial charge >= 0.3 is 12.1 Å². The zero-order valence-corrected chi connectivity index (χ0v) is 18.0. The Morgan fingerprint density at radius 3 is 2.50 bits per heavy atom. The molecule has 4 N–H and O–H groups in total. The minimum atomic E-state index is -5.08. The van der Waals surface area contributed by atoms with Gasteiger partial charge in [-0.2, -0.15) is 18.3 Å². The van der Waals surface area contributed by atoms with Gasteiger partial charge in [0.25, 0.3) is 0 Å². The van der Waals surface area contributed by atoms with E-state index in [1.807, 2.05) is 43.9 Å². The first-order chi connectivity index (χ1) is 14.9. The molecule has 0 aliphatic carbocycles. The molecule has 0 radical (unpaired) electrons. The topological polar surface area (TPSA) is 116 Å². The van der Waals surface area contributed by atoms with Crippen LogP contribution in [0.15, 0.2) is 24.5 Å². The number of nitrogens with zero attached hydrogens (tertiary/aromatic N) is 2. The van der Waals surface area contributed by atoms with Gasteiger partial charge in [0.2, 0.25) is 5.91 Å². The summed E-state index contributed by atoms with van der Waals surface area (Å²) in [5, 5.41) is 28.2. The molecule has 1 aliphatic rings. The average Bonchev–Trinajstić information content (AvgIpc) is 3.19. The third-order valence-corrected chi connectivity index (χ3v) is 5.23. The van der Waals surface area contributed by atoms with Crippen LogP contribution in [0.3, 0.4) is 0 Å². The summed E-state index contributed by atoms with van der Waals surface area (Å²) in [4.78, 5) is 20.8. The summed E-state index contributed by atoms with van der Waals surface area (Å²) in [6, 6.07) is 3.82. The number of nitrogens with one attached hydrogen (secondary N) is 2. The zero-order chi connectivity index (χ0) is 24.1. The molecular weight excluding hydrogens is 429 g/mol. The van der Waals surface area contributed by atoms with Crippen LogP contribution in [-0.2, 0) is 22.7 Å². The van der Waals surface area contributed by atoms with Crippen LogP contribution in [0.25, 0.3) is 0 Å². The second-order valence-electron chi connectivity index (χ2n) is 7.57. The van der Waals surface area contributed by atoms with Gasteiger partial charge < -0.3 is 20.8 Å². The summed E-state index contributed by atoms with van der Waals surface area (Å²) < 4.78 is 33.6. The second-order valence-corrected chi connectivity index (χ2v) is 7.57. The number of carbonyl (C=O) groups excluding carboxylic acids is 1. The molecule has 0 unspecified atom stereocenters. The fourth-order valence-electron chi connectivity index (χ4n) is 3.29. The molecule has 3 rings (SSSR count). The molecule has 1 aromatic carbocycles. The van der Waals surface area contributed by atoms with Gasteiger partial charge in [0.05, 0.1) is 12.2 Å². The third kappa shape index (κ3) is 6.71. The minimum Gasteiger partial charge on any atom is -0.508 e. The fourth-order valence-corrected chi connectivity index (χ4v) is 3.29. The van der Waals surface area contributed by atoms with Crippen molar-refractivity contribution in [3.63, 3.8) is 0 Å². The molecule has 176 valence electrons. The van der Waals surface area contributed by atoms with E-state index in [9.17, 15) is 23.1 Å². The maximum atomic E-state index is 11.9. The zero-order valence-electron chi connectivity index (χ0n) is 18.0. The molecule has 1 saturated heterocycles. The summed E-state index contributed by atoms with van der Waals surface area (Å²) in [6.45, 7) is 7.43. The molecule has 2 aromatic rings. The number of aliphatic carboxylic acids is 1. The molecule has 2 atom stereocenters. The van der Waals surface area contributed by atoms with Crippen molar-refractivity contribution in [3.8, 4) is 5.75 Å². The van der Waals surface area contributed by atoms with Gasteiger partial charge in [-0.05, 0) is 44.4 Å². The van der Waals surface area contributed by atoms with E-state index in [4.69, 9.17) is 9.90 Å². The molecule has 0 saturated carbocycles. The molecule has 8 nitrogen and oxygen atoms in total. The lowest BCUT2D eigenvalue weighted by atomic mass is 9.93. The summed E-state index contributed by atoms with van der Waals surface area (Å²) >= 11 is 0. The van der Waals surface area contributed by atoms with Crippen LogP contribution in [0.5, 0.6) is 5.75 Å². The van der Waals surface area contributed by atoms with Crippen molar-refractivity contribution in [2.45, 2.75) is 65.0 Å². The number of aromatic hydroxyl groups is 1. The highest BCUT2D eigenvalue weighted by molar-refractivity contribution is 5.77. The van der Waals surface area contributed by atoms with Crippen molar-refractivity contribution in [2.75, 3.05) is 0 Å². The molecule has 1 aliphatic heterocycles. The van der Waals surface area contributed by atoms with Crippen LogP contribution < -0.4 is 10.6 Å². The lowest BCUT2D eigenvalue weighted by molar-refractivity contribution is -0.192. The molecule has 1 amide bonds. The van der Waals surface area contributed by atoms with Crippen LogP contribution in [0.4, 0.5) is 13.2 Å². The lowest BCUT2D eigenvalue weighted by Gasteiger charge is -2.32. The van der Waals surface area contributed by atoms with Gasteiger partial charge in [0.1, 0.15) is 5.75 Å². The lowest BCUT2D eigenvalue weighted by Crippen LogP contribution is -2.48. The Balaban J connectivity index is 0.000000451. The molecule has 1 aromatic heterocycles. The van der Waals surface area contributed by atoms with Gasteiger partial charge in [-0.25, -0.2) is 4.79 Å². The summed E-state index contributed by atoms with van der Waals surface area (Å²) in [6.07, 6.45) is -0.00517. The fraction of sp³-hybridized carbons (Fsp3) is 0.476. The second kappa shape index (κ2) is 10.5. The van der Waals surface area contributed by atoms with E-state index < -0.39 is 12.1 Å². The number of rotatable bonds is 5. The Hall–Kier alpha value is -3.08. The first-order valence-electron chi connectivity index (χ1n) is 10.1. The number of amides is 1. The number of carboxylic acid groups (broad SMARTS) is 1. The van der Waals surface area contributed by atoms with E-state index in [1.165, 1.54) is 0 Å². The number of halogens is 3. The number of benzene rings is 1. The normalized spacial score (nSPS) is 18.5. The number of phenolic OH excluding ortho intramolecular Hbond substituents is 1. The first kappa shape index (κ1) is 25.2. The van der Waals surface area contributed by atoms with Crippen molar-refractivity contribution in [3.05, 3.63) is 46.8 Å². The number of hydrogen-bond donors (Lipinski definition) is 4. The van der Waals surface area contributed by atoms with Gasteiger partial charge in [-0.3, -0.25) is 9.48 Å². The van der Waals surface area contributed by atoms with Gasteiger partial charge in [0, 0.05) is 42.9 Å². The summed E-state index contributed by atoms with van der Waals surface area (Å²) in [7, 11) is 0. The van der Waals surface area contributed by atoms with Crippen LogP contribution in [0.1, 0.15) is 48.1 Å². The van der Waals surface area contributed by atoms with Crippen molar-refractivity contribution in [2.24, 2.45) is 0 Å². The van der Waals surface area contributed by atoms with E-state index >= 15 is 0 Å².